The summed E-state index contributed by atoms with van der Waals surface area (Å²) >= 11 is 0. The second-order valence-electron chi connectivity index (χ2n) is 5.11. The van der Waals surface area contributed by atoms with E-state index in [0.29, 0.717) is 5.56 Å². The van der Waals surface area contributed by atoms with E-state index in [1.165, 1.54) is 0 Å². The number of ether oxygens (including phenoxy) is 1. The average molecular weight is 242 g/mol. The minimum absolute atomic E-state index is 0.0416. The summed E-state index contributed by atoms with van der Waals surface area (Å²) in [6, 6.07) is 9.32. The van der Waals surface area contributed by atoms with E-state index < -0.39 is 0 Å². The van der Waals surface area contributed by atoms with E-state index in [2.05, 4.69) is 19.9 Å². The molecule has 0 N–H and O–H groups in total. The Hall–Kier alpha value is -1.67. The molecule has 1 unspecified atom stereocenters. The van der Waals surface area contributed by atoms with Gasteiger partial charge in [0.25, 0.3) is 0 Å². The zero-order chi connectivity index (χ0) is 13.2. The van der Waals surface area contributed by atoms with Gasteiger partial charge in [0.1, 0.15) is 0 Å². The Balaban J connectivity index is 2.36. The Bertz CT molecular complexity index is 495. The molecule has 0 bridgehead atoms. The Morgan fingerprint density at radius 1 is 1.22 bits per heavy atom. The molecule has 0 saturated heterocycles. The predicted octanol–water partition coefficient (Wildman–Crippen LogP) is 3.41. The lowest BCUT2D eigenvalue weighted by Crippen LogP contribution is -2.35. The topological polar surface area (TPSA) is 26.3 Å². The van der Waals surface area contributed by atoms with Crippen LogP contribution < -0.4 is 0 Å². The highest BCUT2D eigenvalue weighted by atomic mass is 16.5. The Labute approximate surface area is 108 Å². The van der Waals surface area contributed by atoms with Gasteiger partial charge in [-0.25, -0.2) is 0 Å². The molecule has 0 fully saturated rings. The third-order valence-electron chi connectivity index (χ3n) is 3.29. The first-order valence-corrected chi connectivity index (χ1v) is 6.08. The van der Waals surface area contributed by atoms with Crippen LogP contribution in [0.2, 0.25) is 0 Å². The van der Waals surface area contributed by atoms with Gasteiger partial charge in [-0.05, 0) is 0 Å². The van der Waals surface area contributed by atoms with Gasteiger partial charge in [0.2, 0.25) is 0 Å². The number of ketones is 1. The van der Waals surface area contributed by atoms with Gasteiger partial charge in [-0.2, -0.15) is 0 Å². The van der Waals surface area contributed by atoms with Crippen LogP contribution in [0.15, 0.2) is 54.1 Å². The van der Waals surface area contributed by atoms with Gasteiger partial charge < -0.3 is 4.74 Å². The quantitative estimate of drug-likeness (QED) is 0.759. The monoisotopic (exact) mass is 242 g/mol. The van der Waals surface area contributed by atoms with Crippen molar-refractivity contribution in [1.29, 1.82) is 0 Å². The number of allylic oxidation sites excluding steroid dienone is 2. The fraction of sp³-hybridized carbons (Fsp3) is 0.312. The number of rotatable bonds is 3. The maximum absolute atomic E-state index is 12.5. The number of methoxy groups -OCH3 is 1. The van der Waals surface area contributed by atoms with Crippen molar-refractivity contribution in [3.8, 4) is 0 Å². The highest BCUT2D eigenvalue weighted by Crippen LogP contribution is 2.34. The van der Waals surface area contributed by atoms with Crippen molar-refractivity contribution >= 4 is 5.78 Å². The second-order valence-corrected chi connectivity index (χ2v) is 5.11. The van der Waals surface area contributed by atoms with Gasteiger partial charge in [0.05, 0.1) is 6.10 Å². The van der Waals surface area contributed by atoms with E-state index >= 15 is 0 Å². The average Bonchev–Trinajstić information content (AvgIpc) is 2.37. The van der Waals surface area contributed by atoms with Crippen molar-refractivity contribution in [2.24, 2.45) is 5.41 Å². The Morgan fingerprint density at radius 2 is 1.89 bits per heavy atom. The van der Waals surface area contributed by atoms with Gasteiger partial charge in [-0.1, -0.05) is 62.4 Å². The standard InChI is InChI=1S/C16H18O2/c1-16(2)11-7-10-13(15(16)18-3)14(17)12-8-5-4-6-9-12/h4-11,15H,1-3H3. The molecule has 2 heteroatoms. The van der Waals surface area contributed by atoms with Crippen LogP contribution in [0.1, 0.15) is 24.2 Å². The van der Waals surface area contributed by atoms with Crippen LogP contribution in [0.4, 0.5) is 0 Å². The van der Waals surface area contributed by atoms with Crippen molar-refractivity contribution in [2.75, 3.05) is 7.11 Å². The molecule has 2 rings (SSSR count). The minimum atomic E-state index is -0.199. The normalized spacial score (nSPS) is 21.5. The number of hydrogen-bond acceptors (Lipinski definition) is 2. The smallest absolute Gasteiger partial charge is 0.191 e. The number of hydrogen-bond donors (Lipinski definition) is 0. The number of Topliss-reactive ketones (excluding diaryl/α,β-unsaturated/α-hetero) is 1. The highest BCUT2D eigenvalue weighted by molar-refractivity contribution is 6.09. The molecule has 2 nitrogen and oxygen atoms in total. The predicted molar refractivity (Wildman–Crippen MR) is 72.6 cm³/mol. The Morgan fingerprint density at radius 3 is 2.50 bits per heavy atom. The van der Waals surface area contributed by atoms with Crippen LogP contribution in [-0.4, -0.2) is 19.0 Å². The van der Waals surface area contributed by atoms with Crippen LogP contribution in [-0.2, 0) is 4.74 Å². The first-order valence-electron chi connectivity index (χ1n) is 6.08. The summed E-state index contributed by atoms with van der Waals surface area (Å²) in [6.45, 7) is 4.14. The summed E-state index contributed by atoms with van der Waals surface area (Å²) in [7, 11) is 1.65. The molecule has 1 aliphatic carbocycles. The van der Waals surface area contributed by atoms with Crippen molar-refractivity contribution in [3.63, 3.8) is 0 Å². The SMILES string of the molecule is COC1C(C(=O)c2ccccc2)=CC=CC1(C)C. The summed E-state index contributed by atoms with van der Waals surface area (Å²) in [4.78, 5) is 12.5. The molecule has 0 saturated carbocycles. The molecule has 0 aromatic heterocycles. The van der Waals surface area contributed by atoms with Crippen LogP contribution in [0.3, 0.4) is 0 Å². The summed E-state index contributed by atoms with van der Waals surface area (Å²) in [6.07, 6.45) is 5.67. The summed E-state index contributed by atoms with van der Waals surface area (Å²) in [5.74, 6) is 0.0416. The number of carbonyl (C=O) groups is 1. The van der Waals surface area contributed by atoms with Crippen molar-refractivity contribution < 1.29 is 9.53 Å². The molecular weight excluding hydrogens is 224 g/mol. The van der Waals surface area contributed by atoms with Crippen LogP contribution >= 0.6 is 0 Å². The zero-order valence-corrected chi connectivity index (χ0v) is 11.0. The molecule has 0 spiro atoms. The maximum atomic E-state index is 12.5. The molecule has 1 aliphatic rings. The number of benzene rings is 1. The summed E-state index contributed by atoms with van der Waals surface area (Å²) in [5, 5.41) is 0. The second kappa shape index (κ2) is 4.91. The van der Waals surface area contributed by atoms with E-state index in [4.69, 9.17) is 4.74 Å². The maximum Gasteiger partial charge on any atom is 0.191 e. The van der Waals surface area contributed by atoms with Crippen molar-refractivity contribution in [3.05, 3.63) is 59.7 Å². The van der Waals surface area contributed by atoms with E-state index in [-0.39, 0.29) is 17.3 Å². The largest absolute Gasteiger partial charge is 0.376 e. The molecule has 1 aromatic rings. The molecule has 18 heavy (non-hydrogen) atoms. The fourth-order valence-electron chi connectivity index (χ4n) is 2.36. The zero-order valence-electron chi connectivity index (χ0n) is 11.0. The van der Waals surface area contributed by atoms with Crippen molar-refractivity contribution in [1.82, 2.24) is 0 Å². The van der Waals surface area contributed by atoms with Crippen LogP contribution in [0.5, 0.6) is 0 Å². The van der Waals surface area contributed by atoms with E-state index in [9.17, 15) is 4.79 Å². The van der Waals surface area contributed by atoms with Gasteiger partial charge in [-0.15, -0.1) is 0 Å². The lowest BCUT2D eigenvalue weighted by Gasteiger charge is -2.34. The molecule has 1 atom stereocenters. The third-order valence-corrected chi connectivity index (χ3v) is 3.29. The number of carbonyl (C=O) groups excluding carboxylic acids is 1. The summed E-state index contributed by atoms with van der Waals surface area (Å²) in [5.41, 5.74) is 1.26. The molecule has 0 amide bonds. The van der Waals surface area contributed by atoms with Crippen molar-refractivity contribution in [2.45, 2.75) is 20.0 Å². The van der Waals surface area contributed by atoms with Gasteiger partial charge >= 0.3 is 0 Å². The lowest BCUT2D eigenvalue weighted by atomic mass is 9.77. The molecule has 0 heterocycles. The fourth-order valence-corrected chi connectivity index (χ4v) is 2.36. The third kappa shape index (κ3) is 2.29. The van der Waals surface area contributed by atoms with Gasteiger partial charge in [0.15, 0.2) is 5.78 Å². The Kier molecular flexibility index (Phi) is 3.48. The van der Waals surface area contributed by atoms with E-state index in [1.807, 2.05) is 42.5 Å². The first kappa shape index (κ1) is 12.8. The molecule has 0 radical (unpaired) electrons. The summed E-state index contributed by atoms with van der Waals surface area (Å²) < 4.78 is 5.52. The molecular formula is C16H18O2. The lowest BCUT2D eigenvalue weighted by molar-refractivity contribution is 0.0529. The molecule has 94 valence electrons. The molecule has 0 aliphatic heterocycles. The highest BCUT2D eigenvalue weighted by Gasteiger charge is 2.35. The minimum Gasteiger partial charge on any atom is -0.376 e. The van der Waals surface area contributed by atoms with Crippen LogP contribution in [0.25, 0.3) is 0 Å². The van der Waals surface area contributed by atoms with E-state index in [0.717, 1.165) is 5.57 Å². The first-order chi connectivity index (χ1) is 8.56. The van der Waals surface area contributed by atoms with Crippen LogP contribution in [0, 0.1) is 5.41 Å². The van der Waals surface area contributed by atoms with E-state index in [1.54, 1.807) is 7.11 Å². The van der Waals surface area contributed by atoms with Gasteiger partial charge in [-0.3, -0.25) is 4.79 Å². The molecule has 1 aromatic carbocycles. The van der Waals surface area contributed by atoms with Gasteiger partial charge in [0, 0.05) is 23.7 Å².